The molecule has 3 atom stereocenters. The molecule has 0 spiro atoms. The molecule has 0 aliphatic carbocycles. The summed E-state index contributed by atoms with van der Waals surface area (Å²) in [6, 6.07) is 38.4. The highest BCUT2D eigenvalue weighted by molar-refractivity contribution is 5.32. The molecule has 4 aromatic carbocycles. The van der Waals surface area contributed by atoms with E-state index >= 15 is 0 Å². The Hall–Kier alpha value is -3.73. The van der Waals surface area contributed by atoms with Crippen molar-refractivity contribution in [2.75, 3.05) is 39.3 Å². The second-order valence-corrected chi connectivity index (χ2v) is 10.9. The molecule has 0 amide bonds. The first-order valence-electron chi connectivity index (χ1n) is 16.4. The molecule has 10 nitrogen and oxygen atoms in total. The summed E-state index contributed by atoms with van der Waals surface area (Å²) < 4.78 is 32.0. The maximum absolute atomic E-state index is 10.7. The molecule has 0 fully saturated rings. The molecule has 0 bridgehead atoms. The van der Waals surface area contributed by atoms with E-state index in [1.165, 1.54) is 22.3 Å². The molecular formula is C38H59F3N6O4. The highest BCUT2D eigenvalue weighted by Crippen LogP contribution is 2.22. The van der Waals surface area contributed by atoms with Crippen LogP contribution in [-0.2, 0) is 6.54 Å². The van der Waals surface area contributed by atoms with E-state index in [0.29, 0.717) is 25.6 Å². The molecule has 3 unspecified atom stereocenters. The Morgan fingerprint density at radius 2 is 0.941 bits per heavy atom. The quantitative estimate of drug-likeness (QED) is 0.121. The zero-order valence-electron chi connectivity index (χ0n) is 29.6. The van der Waals surface area contributed by atoms with Gasteiger partial charge in [0, 0.05) is 38.6 Å². The van der Waals surface area contributed by atoms with E-state index in [4.69, 9.17) is 44.0 Å². The maximum Gasteiger partial charge on any atom is 0.400 e. The third-order valence-corrected chi connectivity index (χ3v) is 6.46. The third-order valence-electron chi connectivity index (χ3n) is 6.46. The minimum atomic E-state index is -4.18. The van der Waals surface area contributed by atoms with Crippen molar-refractivity contribution in [1.29, 1.82) is 0 Å². The summed E-state index contributed by atoms with van der Waals surface area (Å²) in [5.41, 5.74) is 36.4. The highest BCUT2D eigenvalue weighted by atomic mass is 19.4. The number of aryl methyl sites for hydroxylation is 1. The molecule has 0 aliphatic rings. The summed E-state index contributed by atoms with van der Waals surface area (Å²) in [6.07, 6.45) is -5.76. The van der Waals surface area contributed by atoms with E-state index in [2.05, 4.69) is 85.5 Å². The molecule has 0 aliphatic heterocycles. The number of aliphatic hydroxyl groups excluding tert-OH is 4. The van der Waals surface area contributed by atoms with Crippen molar-refractivity contribution in [3.8, 4) is 0 Å². The van der Waals surface area contributed by atoms with Crippen molar-refractivity contribution in [2.45, 2.75) is 50.8 Å². The predicted octanol–water partition coefficient (Wildman–Crippen LogP) is 3.04. The molecule has 0 aromatic heterocycles. The van der Waals surface area contributed by atoms with Crippen LogP contribution in [0.1, 0.15) is 46.8 Å². The van der Waals surface area contributed by atoms with E-state index in [1.807, 2.05) is 42.5 Å². The summed E-state index contributed by atoms with van der Waals surface area (Å²) in [7, 11) is 0. The van der Waals surface area contributed by atoms with Crippen LogP contribution in [-0.4, -0.2) is 78.1 Å². The molecule has 4 aromatic rings. The van der Waals surface area contributed by atoms with Crippen LogP contribution in [0.15, 0.2) is 115 Å². The van der Waals surface area contributed by atoms with E-state index in [-0.39, 0.29) is 25.8 Å². The van der Waals surface area contributed by atoms with Gasteiger partial charge in [0.25, 0.3) is 0 Å². The van der Waals surface area contributed by atoms with Crippen LogP contribution in [0.2, 0.25) is 0 Å². The van der Waals surface area contributed by atoms with Gasteiger partial charge in [-0.1, -0.05) is 121 Å². The molecule has 0 radical (unpaired) electrons. The number of alkyl halides is 3. The standard InChI is InChI=1S/C14H15N.C8H11NO.C8H11N.C3H9NO2.C3H9NO.C2H4F3N/c15-11-14(12-7-3-1-4-8-12)13-9-5-2-6-10-13;9-6-8(10)7-4-2-1-3-5-7;1-7-2-4-8(6-9)5-3-7;4-1-3(6)2-5;1-3(5)2-4;3-2(4,5)1-6/h1-10,14H,11,15H2;1-5,8,10H,6,9H2;2-5H,6,9H2,1H3;3,5-6H,1-2,4H2;3,5H,2,4H2,1H3;1,6H2. The fraction of sp³-hybridized carbons (Fsp3) is 0.368. The van der Waals surface area contributed by atoms with Crippen molar-refractivity contribution in [2.24, 2.45) is 34.4 Å². The second kappa shape index (κ2) is 31.0. The lowest BCUT2D eigenvalue weighted by atomic mass is 9.92. The lowest BCUT2D eigenvalue weighted by Crippen LogP contribution is -2.22. The normalized spacial score (nSPS) is 11.9. The van der Waals surface area contributed by atoms with Crippen LogP contribution in [0.25, 0.3) is 0 Å². The summed E-state index contributed by atoms with van der Waals surface area (Å²) >= 11 is 0. The Labute approximate surface area is 300 Å². The zero-order valence-corrected chi connectivity index (χ0v) is 29.6. The molecule has 286 valence electrons. The number of hydrogen-bond donors (Lipinski definition) is 10. The minimum absolute atomic E-state index is 0.135. The average Bonchev–Trinajstić information content (AvgIpc) is 3.17. The van der Waals surface area contributed by atoms with Crippen LogP contribution in [0, 0.1) is 6.92 Å². The van der Waals surface area contributed by atoms with Gasteiger partial charge in [-0.05, 0) is 36.1 Å². The summed E-state index contributed by atoms with van der Waals surface area (Å²) in [4.78, 5) is 0. The van der Waals surface area contributed by atoms with Gasteiger partial charge in [-0.2, -0.15) is 13.2 Å². The van der Waals surface area contributed by atoms with Crippen molar-refractivity contribution in [3.05, 3.63) is 143 Å². The number of rotatable bonds is 9. The van der Waals surface area contributed by atoms with Gasteiger partial charge in [0.2, 0.25) is 0 Å². The topological polar surface area (TPSA) is 237 Å². The fourth-order valence-electron chi connectivity index (χ4n) is 3.45. The molecule has 13 heteroatoms. The molecule has 0 heterocycles. The zero-order chi connectivity index (χ0) is 39.1. The first-order chi connectivity index (χ1) is 24.2. The van der Waals surface area contributed by atoms with E-state index in [9.17, 15) is 18.3 Å². The molecular weight excluding hydrogens is 661 g/mol. The van der Waals surface area contributed by atoms with Gasteiger partial charge < -0.3 is 54.8 Å². The number of nitrogens with two attached hydrogens (primary N) is 6. The second-order valence-electron chi connectivity index (χ2n) is 10.9. The Morgan fingerprint density at radius 1 is 0.569 bits per heavy atom. The first kappa shape index (κ1) is 49.4. The highest BCUT2D eigenvalue weighted by Gasteiger charge is 2.23. The van der Waals surface area contributed by atoms with Crippen molar-refractivity contribution in [1.82, 2.24) is 0 Å². The van der Waals surface area contributed by atoms with Gasteiger partial charge in [-0.3, -0.25) is 0 Å². The van der Waals surface area contributed by atoms with Crippen LogP contribution in [0.3, 0.4) is 0 Å². The Morgan fingerprint density at radius 3 is 1.18 bits per heavy atom. The SMILES string of the molecule is CC(O)CN.Cc1ccc(CN)cc1.NCC(F)(F)F.NCC(O)CO.NCC(O)c1ccccc1.NCC(c1ccccc1)c1ccccc1. The van der Waals surface area contributed by atoms with Gasteiger partial charge in [0.1, 0.15) is 0 Å². The van der Waals surface area contributed by atoms with Crippen molar-refractivity contribution >= 4 is 0 Å². The minimum Gasteiger partial charge on any atom is -0.394 e. The van der Waals surface area contributed by atoms with Gasteiger partial charge >= 0.3 is 6.18 Å². The molecule has 51 heavy (non-hydrogen) atoms. The lowest BCUT2D eigenvalue weighted by Gasteiger charge is -2.15. The fourth-order valence-corrected chi connectivity index (χ4v) is 3.45. The number of benzene rings is 4. The van der Waals surface area contributed by atoms with E-state index in [0.717, 1.165) is 5.56 Å². The third kappa shape index (κ3) is 27.6. The predicted molar refractivity (Wildman–Crippen MR) is 201 cm³/mol. The number of halogens is 3. The molecule has 0 saturated carbocycles. The molecule has 16 N–H and O–H groups in total. The number of aliphatic hydroxyl groups is 4. The smallest absolute Gasteiger partial charge is 0.394 e. The molecule has 4 rings (SSSR count). The summed E-state index contributed by atoms with van der Waals surface area (Å²) in [5, 5.41) is 33.7. The number of hydrogen-bond acceptors (Lipinski definition) is 10. The maximum atomic E-state index is 10.7. The van der Waals surface area contributed by atoms with Gasteiger partial charge in [-0.25, -0.2) is 0 Å². The van der Waals surface area contributed by atoms with Crippen LogP contribution >= 0.6 is 0 Å². The van der Waals surface area contributed by atoms with Crippen molar-refractivity contribution in [3.63, 3.8) is 0 Å². The first-order valence-corrected chi connectivity index (χ1v) is 16.4. The van der Waals surface area contributed by atoms with Gasteiger partial charge in [0.15, 0.2) is 0 Å². The van der Waals surface area contributed by atoms with Crippen LogP contribution in [0.5, 0.6) is 0 Å². The van der Waals surface area contributed by atoms with Crippen molar-refractivity contribution < 1.29 is 33.6 Å². The van der Waals surface area contributed by atoms with Crippen LogP contribution in [0.4, 0.5) is 13.2 Å². The van der Waals surface area contributed by atoms with Crippen LogP contribution < -0.4 is 34.4 Å². The Balaban J connectivity index is 0. The monoisotopic (exact) mass is 720 g/mol. The van der Waals surface area contributed by atoms with Gasteiger partial charge in [-0.15, -0.1) is 0 Å². The summed E-state index contributed by atoms with van der Waals surface area (Å²) in [5.74, 6) is 0.312. The Kier molecular flexibility index (Phi) is 30.1. The Bertz CT molecular complexity index is 1260. The summed E-state index contributed by atoms with van der Waals surface area (Å²) in [6.45, 7) is 4.32. The van der Waals surface area contributed by atoms with E-state index in [1.54, 1.807) is 6.92 Å². The largest absolute Gasteiger partial charge is 0.400 e. The van der Waals surface area contributed by atoms with E-state index < -0.39 is 24.9 Å². The average molecular weight is 721 g/mol. The molecule has 0 saturated heterocycles. The lowest BCUT2D eigenvalue weighted by molar-refractivity contribution is -0.118. The van der Waals surface area contributed by atoms with Gasteiger partial charge in [0.05, 0.1) is 31.5 Å².